The van der Waals surface area contributed by atoms with E-state index in [0.717, 1.165) is 22.0 Å². The summed E-state index contributed by atoms with van der Waals surface area (Å²) in [6, 6.07) is 17.8. The van der Waals surface area contributed by atoms with Crippen LogP contribution in [0.1, 0.15) is 23.6 Å². The molecule has 0 aliphatic heterocycles. The van der Waals surface area contributed by atoms with Crippen molar-refractivity contribution in [2.24, 2.45) is 0 Å². The minimum atomic E-state index is -0.164. The van der Waals surface area contributed by atoms with Gasteiger partial charge in [0, 0.05) is 46.9 Å². The fraction of sp³-hybridized carbons (Fsp3) is 0.250. The first-order valence-corrected chi connectivity index (χ1v) is 10.2. The van der Waals surface area contributed by atoms with Crippen LogP contribution in [0, 0.1) is 11.3 Å². The highest BCUT2D eigenvalue weighted by atomic mass is 35.5. The van der Waals surface area contributed by atoms with Crippen molar-refractivity contribution < 1.29 is 4.79 Å². The minimum Gasteiger partial charge on any atom is -0.351 e. The van der Waals surface area contributed by atoms with Gasteiger partial charge in [0.25, 0.3) is 0 Å². The molecule has 0 spiro atoms. The van der Waals surface area contributed by atoms with Crippen molar-refractivity contribution >= 4 is 34.5 Å². The molecule has 0 saturated carbocycles. The van der Waals surface area contributed by atoms with Gasteiger partial charge >= 0.3 is 0 Å². The summed E-state index contributed by atoms with van der Waals surface area (Å²) in [5, 5.41) is 13.6. The molecule has 3 rings (SSSR count). The van der Waals surface area contributed by atoms with E-state index in [9.17, 15) is 4.79 Å². The van der Waals surface area contributed by atoms with E-state index in [0.29, 0.717) is 24.5 Å². The highest BCUT2D eigenvalue weighted by molar-refractivity contribution is 6.31. The van der Waals surface area contributed by atoms with Gasteiger partial charge in [0.05, 0.1) is 18.5 Å². The van der Waals surface area contributed by atoms with E-state index in [1.54, 1.807) is 6.08 Å². The second kappa shape index (κ2) is 10.1. The third-order valence-corrected chi connectivity index (χ3v) is 5.40. The van der Waals surface area contributed by atoms with Crippen LogP contribution in [0.5, 0.6) is 0 Å². The van der Waals surface area contributed by atoms with Crippen molar-refractivity contribution in [1.82, 2.24) is 14.8 Å². The molecule has 1 aromatic heterocycles. The van der Waals surface area contributed by atoms with Crippen LogP contribution in [-0.2, 0) is 11.3 Å². The van der Waals surface area contributed by atoms with Crippen molar-refractivity contribution in [2.45, 2.75) is 19.0 Å². The summed E-state index contributed by atoms with van der Waals surface area (Å²) in [5.74, 6) is -0.164. The predicted octanol–water partition coefficient (Wildman–Crippen LogP) is 4.64. The maximum atomic E-state index is 12.5. The lowest BCUT2D eigenvalue weighted by Crippen LogP contribution is -2.33. The summed E-state index contributed by atoms with van der Waals surface area (Å²) < 4.78 is 2.05. The van der Waals surface area contributed by atoms with Crippen LogP contribution < -0.4 is 5.32 Å². The second-order valence-electron chi connectivity index (χ2n) is 7.28. The van der Waals surface area contributed by atoms with Crippen molar-refractivity contribution in [1.29, 1.82) is 5.26 Å². The minimum absolute atomic E-state index is 0.0241. The Morgan fingerprint density at radius 1 is 1.23 bits per heavy atom. The SMILES string of the molecule is CN(C)C(CNC(=O)/C=C/c1cn(CCC#N)c2ccccc12)c1ccccc1Cl. The summed E-state index contributed by atoms with van der Waals surface area (Å²) in [6.45, 7) is 1.07. The number of fused-ring (bicyclic) bond motifs is 1. The van der Waals surface area contributed by atoms with Gasteiger partial charge in [0.2, 0.25) is 5.91 Å². The second-order valence-corrected chi connectivity index (χ2v) is 7.69. The molecular weight excluding hydrogens is 396 g/mol. The Kier molecular flexibility index (Phi) is 7.29. The third kappa shape index (κ3) is 5.10. The highest BCUT2D eigenvalue weighted by Gasteiger charge is 2.17. The number of nitriles is 1. The Hall–Kier alpha value is -3.07. The molecule has 0 saturated heterocycles. The van der Waals surface area contributed by atoms with E-state index < -0.39 is 0 Å². The smallest absolute Gasteiger partial charge is 0.244 e. The average Bonchev–Trinajstić information content (AvgIpc) is 3.09. The number of carbonyl (C=O) groups is 1. The first-order chi connectivity index (χ1) is 14.5. The van der Waals surface area contributed by atoms with Gasteiger partial charge in [-0.2, -0.15) is 5.26 Å². The summed E-state index contributed by atoms with van der Waals surface area (Å²) in [5.41, 5.74) is 2.99. The summed E-state index contributed by atoms with van der Waals surface area (Å²) in [7, 11) is 3.93. The normalized spacial score (nSPS) is 12.4. The van der Waals surface area contributed by atoms with Crippen LogP contribution in [0.3, 0.4) is 0 Å². The molecule has 1 amide bonds. The molecule has 5 nitrogen and oxygen atoms in total. The summed E-state index contributed by atoms with van der Waals surface area (Å²) in [4.78, 5) is 14.5. The number of rotatable bonds is 8. The van der Waals surface area contributed by atoms with E-state index >= 15 is 0 Å². The maximum Gasteiger partial charge on any atom is 0.244 e. The Balaban J connectivity index is 1.72. The maximum absolute atomic E-state index is 12.5. The van der Waals surface area contributed by atoms with E-state index in [2.05, 4.69) is 16.0 Å². The Morgan fingerprint density at radius 2 is 1.97 bits per heavy atom. The fourth-order valence-electron chi connectivity index (χ4n) is 3.50. The van der Waals surface area contributed by atoms with Gasteiger partial charge in [-0.3, -0.25) is 4.79 Å². The number of likely N-dealkylation sites (N-methyl/N-ethyl adjacent to an activating group) is 1. The van der Waals surface area contributed by atoms with Crippen LogP contribution in [0.2, 0.25) is 5.02 Å². The molecule has 1 N–H and O–H groups in total. The average molecular weight is 421 g/mol. The molecule has 1 atom stereocenters. The molecule has 0 aliphatic carbocycles. The van der Waals surface area contributed by atoms with Crippen molar-refractivity contribution in [2.75, 3.05) is 20.6 Å². The van der Waals surface area contributed by atoms with Crippen molar-refractivity contribution in [3.63, 3.8) is 0 Å². The van der Waals surface area contributed by atoms with Gasteiger partial charge in [0.15, 0.2) is 0 Å². The molecule has 30 heavy (non-hydrogen) atoms. The van der Waals surface area contributed by atoms with Gasteiger partial charge < -0.3 is 14.8 Å². The van der Waals surface area contributed by atoms with Gasteiger partial charge in [0.1, 0.15) is 0 Å². The Bertz CT molecular complexity index is 1090. The third-order valence-electron chi connectivity index (χ3n) is 5.06. The largest absolute Gasteiger partial charge is 0.351 e. The number of carbonyl (C=O) groups excluding carboxylic acids is 1. The number of nitrogens with zero attached hydrogens (tertiary/aromatic N) is 3. The Labute approximate surface area is 182 Å². The van der Waals surface area contributed by atoms with Crippen LogP contribution >= 0.6 is 11.6 Å². The lowest BCUT2D eigenvalue weighted by molar-refractivity contribution is -0.116. The standard InChI is InChI=1S/C24H25ClN4O/c1-28(2)23(20-9-3-5-10-21(20)25)16-27-24(30)13-12-18-17-29(15-7-14-26)22-11-6-4-8-19(18)22/h3-6,8-13,17,23H,7,15-16H2,1-2H3,(H,27,30)/b13-12+. The molecule has 154 valence electrons. The number of nitrogens with one attached hydrogen (secondary N) is 1. The number of benzene rings is 2. The van der Waals surface area contributed by atoms with E-state index in [-0.39, 0.29) is 11.9 Å². The zero-order valence-corrected chi connectivity index (χ0v) is 17.9. The first-order valence-electron chi connectivity index (χ1n) is 9.83. The van der Waals surface area contributed by atoms with Crippen molar-refractivity contribution in [3.05, 3.63) is 77.0 Å². The van der Waals surface area contributed by atoms with E-state index in [1.165, 1.54) is 0 Å². The van der Waals surface area contributed by atoms with E-state index in [1.807, 2.05) is 79.8 Å². The van der Waals surface area contributed by atoms with Gasteiger partial charge in [-0.15, -0.1) is 0 Å². The zero-order valence-electron chi connectivity index (χ0n) is 17.2. The number of para-hydroxylation sites is 1. The van der Waals surface area contributed by atoms with Crippen LogP contribution in [0.25, 0.3) is 17.0 Å². The number of halogens is 1. The quantitative estimate of drug-likeness (QED) is 0.540. The lowest BCUT2D eigenvalue weighted by Gasteiger charge is -2.25. The van der Waals surface area contributed by atoms with Crippen LogP contribution in [0.4, 0.5) is 0 Å². The Morgan fingerprint density at radius 3 is 2.70 bits per heavy atom. The number of aromatic nitrogens is 1. The molecule has 6 heteroatoms. The monoisotopic (exact) mass is 420 g/mol. The molecule has 1 unspecified atom stereocenters. The molecule has 1 heterocycles. The summed E-state index contributed by atoms with van der Waals surface area (Å²) in [6.07, 6.45) is 5.80. The molecule has 0 aliphatic rings. The first kappa shape index (κ1) is 21.6. The zero-order chi connectivity index (χ0) is 21.5. The predicted molar refractivity (Wildman–Crippen MR) is 122 cm³/mol. The van der Waals surface area contributed by atoms with E-state index in [4.69, 9.17) is 16.9 Å². The molecule has 3 aromatic rings. The number of aryl methyl sites for hydroxylation is 1. The summed E-state index contributed by atoms with van der Waals surface area (Å²) >= 11 is 6.34. The highest BCUT2D eigenvalue weighted by Crippen LogP contribution is 2.25. The topological polar surface area (TPSA) is 61.1 Å². The van der Waals surface area contributed by atoms with Gasteiger partial charge in [-0.05, 0) is 37.9 Å². The van der Waals surface area contributed by atoms with Crippen LogP contribution in [0.15, 0.2) is 60.8 Å². The van der Waals surface area contributed by atoms with Crippen LogP contribution in [-0.4, -0.2) is 36.0 Å². The van der Waals surface area contributed by atoms with Gasteiger partial charge in [-0.25, -0.2) is 0 Å². The number of hydrogen-bond donors (Lipinski definition) is 1. The van der Waals surface area contributed by atoms with Gasteiger partial charge in [-0.1, -0.05) is 48.0 Å². The molecular formula is C24H25ClN4O. The number of amides is 1. The van der Waals surface area contributed by atoms with Crippen molar-refractivity contribution in [3.8, 4) is 6.07 Å². The fourth-order valence-corrected chi connectivity index (χ4v) is 3.76. The molecule has 0 radical (unpaired) electrons. The molecule has 0 bridgehead atoms. The molecule has 0 fully saturated rings. The lowest BCUT2D eigenvalue weighted by atomic mass is 10.1. The number of hydrogen-bond acceptors (Lipinski definition) is 3. The molecule has 2 aromatic carbocycles.